The van der Waals surface area contributed by atoms with E-state index in [2.05, 4.69) is 51.7 Å². The van der Waals surface area contributed by atoms with E-state index in [1.807, 2.05) is 34.0 Å². The van der Waals surface area contributed by atoms with E-state index in [4.69, 9.17) is 5.11 Å². The Morgan fingerprint density at radius 2 is 0.844 bits per heavy atom. The largest absolute Gasteiger partial charge is 0.396 e. The summed E-state index contributed by atoms with van der Waals surface area (Å²) in [6, 6.07) is 0. The van der Waals surface area contributed by atoms with Crippen molar-refractivity contribution >= 4 is 0 Å². The molecule has 0 aromatic carbocycles. The Kier molecular flexibility index (Phi) is 68.9. The number of hydrogen-bond donors (Lipinski definition) is 2. The summed E-state index contributed by atoms with van der Waals surface area (Å²) >= 11 is 0. The van der Waals surface area contributed by atoms with Crippen molar-refractivity contribution in [2.24, 2.45) is 11.8 Å². The molecule has 1 unspecified atom stereocenters. The Hall–Kier alpha value is 0.322. The predicted molar refractivity (Wildman–Crippen MR) is 207 cm³/mol. The molecule has 0 aliphatic carbocycles. The van der Waals surface area contributed by atoms with Crippen molar-refractivity contribution in [3.63, 3.8) is 0 Å². The minimum Gasteiger partial charge on any atom is -0.396 e. The van der Waals surface area contributed by atoms with Crippen LogP contribution in [0.2, 0.25) is 0 Å². The molecule has 1 atom stereocenters. The molecule has 0 fully saturated rings. The van der Waals surface area contributed by atoms with E-state index in [1.165, 1.54) is 167 Å². The van der Waals surface area contributed by atoms with E-state index in [0.717, 1.165) is 6.42 Å². The van der Waals surface area contributed by atoms with Gasteiger partial charge in [-0.05, 0) is 58.0 Å². The zero-order chi connectivity index (χ0) is 33.8. The zero-order valence-electron chi connectivity index (χ0n) is 33.0. The maximum atomic E-state index is 9.06. The average molecular weight is 737 g/mol. The van der Waals surface area contributed by atoms with Gasteiger partial charge in [-0.25, -0.2) is 0 Å². The second kappa shape index (κ2) is 56.6. The average Bonchev–Trinajstić information content (AvgIpc) is 3.03. The van der Waals surface area contributed by atoms with Crippen LogP contribution in [0.15, 0.2) is 24.8 Å². The molecular weight excluding hydrogens is 647 g/mol. The molecule has 0 saturated heterocycles. The van der Waals surface area contributed by atoms with Gasteiger partial charge in [-0.2, -0.15) is 0 Å². The van der Waals surface area contributed by atoms with E-state index in [1.54, 1.807) is 0 Å². The molecule has 3 heteroatoms. The van der Waals surface area contributed by atoms with Gasteiger partial charge < -0.3 is 10.4 Å². The minimum atomic E-state index is 0. The van der Waals surface area contributed by atoms with Gasteiger partial charge in [-0.3, -0.25) is 0 Å². The molecule has 0 rings (SSSR count). The van der Waals surface area contributed by atoms with Crippen LogP contribution in [0.1, 0.15) is 215 Å². The first-order valence-corrected chi connectivity index (χ1v) is 20.0. The Morgan fingerprint density at radius 1 is 0.556 bits per heavy atom. The van der Waals surface area contributed by atoms with Crippen LogP contribution in [-0.4, -0.2) is 25.8 Å². The Labute approximate surface area is 308 Å². The third-order valence-corrected chi connectivity index (χ3v) is 8.19. The second-order valence-electron chi connectivity index (χ2n) is 13.0. The number of allylic oxidation sites excluding steroid dienone is 3. The van der Waals surface area contributed by atoms with Gasteiger partial charge >= 0.3 is 0 Å². The predicted octanol–water partition coefficient (Wildman–Crippen LogP) is 14.4. The molecule has 0 bridgehead atoms. The first-order chi connectivity index (χ1) is 21.5. The molecule has 0 aliphatic rings. The van der Waals surface area contributed by atoms with Crippen LogP contribution in [0, 0.1) is 11.8 Å². The number of aliphatic hydroxyl groups is 1. The number of nitrogens with one attached hydrogen (secondary N) is 1. The molecule has 0 saturated carbocycles. The van der Waals surface area contributed by atoms with Gasteiger partial charge in [0.25, 0.3) is 0 Å². The number of aliphatic hydroxyl groups excluding tert-OH is 1. The zero-order valence-corrected chi connectivity index (χ0v) is 37.1. The van der Waals surface area contributed by atoms with Gasteiger partial charge in [0.1, 0.15) is 0 Å². The van der Waals surface area contributed by atoms with E-state index >= 15 is 0 Å². The normalized spacial score (nSPS) is 11.1. The molecule has 0 aromatic heterocycles. The fraction of sp³-hybridized carbons (Fsp3) is 0.905. The summed E-state index contributed by atoms with van der Waals surface area (Å²) in [5, 5.41) is 11.8. The van der Waals surface area contributed by atoms with Crippen molar-refractivity contribution in [2.75, 3.05) is 20.7 Å². The van der Waals surface area contributed by atoms with E-state index in [9.17, 15) is 0 Å². The molecule has 0 radical (unpaired) electrons. The third kappa shape index (κ3) is 60.2. The van der Waals surface area contributed by atoms with Gasteiger partial charge in [-0.15, -0.1) is 6.58 Å². The SMILES string of the molecule is C=CCCCCCCCCCCCCCCC.CC.CCCCCCCCCCCCC/C=C/C(CCO)C(C)C.CNC.[Cd]. The van der Waals surface area contributed by atoms with Crippen molar-refractivity contribution in [3.8, 4) is 0 Å². The molecule has 0 amide bonds. The van der Waals surface area contributed by atoms with Crippen LogP contribution in [0.25, 0.3) is 0 Å². The van der Waals surface area contributed by atoms with Crippen molar-refractivity contribution < 1.29 is 32.4 Å². The standard InChI is InChI=1S/C21H42O.C17H34.C2H7N.C2H6.Cd/c1-4-5-6-7-8-9-10-11-12-13-14-15-16-17-21(18-19-22)20(2)3;1-3-5-7-9-11-13-15-17-16-14-12-10-8-6-4-2;1-3-2;1-2;/h16-17,20-22H,4-15,18-19H2,1-3H3;3H,1,4-17H2,2H3;3H,1-2H3;1-2H3;/b17-16+;;;;. The molecule has 2 nitrogen and oxygen atoms in total. The number of unbranched alkanes of at least 4 members (excludes halogenated alkanes) is 24. The molecule has 270 valence electrons. The summed E-state index contributed by atoms with van der Waals surface area (Å²) < 4.78 is 0. The van der Waals surface area contributed by atoms with Crippen molar-refractivity contribution in [1.82, 2.24) is 5.32 Å². The maximum Gasteiger partial charge on any atom is 0.0436 e. The van der Waals surface area contributed by atoms with Crippen LogP contribution in [0.4, 0.5) is 0 Å². The minimum absolute atomic E-state index is 0. The van der Waals surface area contributed by atoms with Crippen LogP contribution in [-0.2, 0) is 27.3 Å². The van der Waals surface area contributed by atoms with Crippen molar-refractivity contribution in [3.05, 3.63) is 24.8 Å². The molecule has 2 N–H and O–H groups in total. The van der Waals surface area contributed by atoms with E-state index < -0.39 is 0 Å². The summed E-state index contributed by atoms with van der Waals surface area (Å²) in [5.74, 6) is 1.19. The molecule has 45 heavy (non-hydrogen) atoms. The Balaban J connectivity index is -0.000000207. The first kappa shape index (κ1) is 54.8. The fourth-order valence-electron chi connectivity index (χ4n) is 5.30. The molecule has 0 heterocycles. The Morgan fingerprint density at radius 3 is 1.11 bits per heavy atom. The smallest absolute Gasteiger partial charge is 0.0436 e. The quantitative estimate of drug-likeness (QED) is 0.0437. The van der Waals surface area contributed by atoms with Gasteiger partial charge in [0.05, 0.1) is 0 Å². The van der Waals surface area contributed by atoms with Crippen molar-refractivity contribution in [2.45, 2.75) is 215 Å². The van der Waals surface area contributed by atoms with Crippen LogP contribution in [0.5, 0.6) is 0 Å². The molecule has 0 aromatic rings. The first-order valence-electron chi connectivity index (χ1n) is 20.0. The summed E-state index contributed by atoms with van der Waals surface area (Å²) in [6.45, 7) is 17.1. The molecule has 0 aliphatic heterocycles. The fourth-order valence-corrected chi connectivity index (χ4v) is 5.30. The van der Waals surface area contributed by atoms with Gasteiger partial charge in [-0.1, -0.05) is 201 Å². The third-order valence-electron chi connectivity index (χ3n) is 8.19. The van der Waals surface area contributed by atoms with Gasteiger partial charge in [0.15, 0.2) is 0 Å². The van der Waals surface area contributed by atoms with Gasteiger partial charge in [0.2, 0.25) is 0 Å². The van der Waals surface area contributed by atoms with Crippen LogP contribution >= 0.6 is 0 Å². The maximum absolute atomic E-state index is 9.06. The van der Waals surface area contributed by atoms with Gasteiger partial charge in [0, 0.05) is 33.9 Å². The number of hydrogen-bond acceptors (Lipinski definition) is 2. The molecule has 0 spiro atoms. The van der Waals surface area contributed by atoms with E-state index in [-0.39, 0.29) is 27.3 Å². The second-order valence-corrected chi connectivity index (χ2v) is 13.0. The Bertz CT molecular complexity index is 479. The van der Waals surface area contributed by atoms with E-state index in [0.29, 0.717) is 18.4 Å². The summed E-state index contributed by atoms with van der Waals surface area (Å²) in [5.41, 5.74) is 0. The van der Waals surface area contributed by atoms with Crippen molar-refractivity contribution in [1.29, 1.82) is 0 Å². The topological polar surface area (TPSA) is 32.3 Å². The molecular formula is C42H89CdNO. The summed E-state index contributed by atoms with van der Waals surface area (Å²) in [4.78, 5) is 0. The monoisotopic (exact) mass is 738 g/mol. The summed E-state index contributed by atoms with van der Waals surface area (Å²) in [6.07, 6.45) is 44.3. The van der Waals surface area contributed by atoms with Crippen LogP contribution < -0.4 is 5.32 Å². The van der Waals surface area contributed by atoms with Crippen LogP contribution in [0.3, 0.4) is 0 Å². The number of rotatable bonds is 30. The summed E-state index contributed by atoms with van der Waals surface area (Å²) in [7, 11) is 3.75.